The van der Waals surface area contributed by atoms with Crippen LogP contribution < -0.4 is 0 Å². The number of aliphatic hydroxyl groups excluding tert-OH is 1. The molecule has 0 spiro atoms. The van der Waals surface area contributed by atoms with Crippen molar-refractivity contribution < 1.29 is 9.90 Å². The molecule has 3 aromatic rings. The minimum atomic E-state index is -0.433. The van der Waals surface area contributed by atoms with Crippen molar-refractivity contribution in [2.24, 2.45) is 0 Å². The van der Waals surface area contributed by atoms with Crippen LogP contribution in [0.4, 0.5) is 0 Å². The number of aliphatic hydroxyl groups is 1. The van der Waals surface area contributed by atoms with Gasteiger partial charge in [-0.1, -0.05) is 36.4 Å². The summed E-state index contributed by atoms with van der Waals surface area (Å²) in [6, 6.07) is 19.7. The highest BCUT2D eigenvalue weighted by atomic mass is 16.3. The summed E-state index contributed by atoms with van der Waals surface area (Å²) in [6.45, 7) is 4.19. The zero-order valence-electron chi connectivity index (χ0n) is 15.4. The second-order valence-electron chi connectivity index (χ2n) is 7.14. The van der Waals surface area contributed by atoms with Gasteiger partial charge in [-0.2, -0.15) is 0 Å². The zero-order chi connectivity index (χ0) is 18.6. The molecule has 1 aliphatic rings. The first-order valence-electron chi connectivity index (χ1n) is 9.49. The first-order chi connectivity index (χ1) is 13.2. The highest BCUT2D eigenvalue weighted by molar-refractivity contribution is 5.94. The lowest BCUT2D eigenvalue weighted by Crippen LogP contribution is -2.50. The predicted octanol–water partition coefficient (Wildman–Crippen LogP) is 2.46. The fourth-order valence-electron chi connectivity index (χ4n) is 3.78. The second kappa shape index (κ2) is 7.94. The quantitative estimate of drug-likeness (QED) is 0.758. The molecule has 0 unspecified atom stereocenters. The van der Waals surface area contributed by atoms with E-state index in [1.165, 1.54) is 5.39 Å². The molecule has 2 aromatic carbocycles. The Kier molecular flexibility index (Phi) is 5.23. The van der Waals surface area contributed by atoms with E-state index in [0.717, 1.165) is 24.2 Å². The number of carbonyl (C=O) groups is 1. The third-order valence-corrected chi connectivity index (χ3v) is 5.24. The van der Waals surface area contributed by atoms with Crippen LogP contribution in [-0.2, 0) is 6.54 Å². The molecule has 1 N–H and O–H groups in total. The van der Waals surface area contributed by atoms with Crippen LogP contribution in [-0.4, -0.2) is 64.2 Å². The smallest absolute Gasteiger partial charge is 0.253 e. The van der Waals surface area contributed by atoms with Gasteiger partial charge in [0, 0.05) is 56.5 Å². The molecule has 5 heteroatoms. The van der Waals surface area contributed by atoms with Gasteiger partial charge in [0.25, 0.3) is 5.91 Å². The van der Waals surface area contributed by atoms with Gasteiger partial charge in [-0.3, -0.25) is 9.69 Å². The molecule has 1 saturated heterocycles. The van der Waals surface area contributed by atoms with Gasteiger partial charge in [0.05, 0.1) is 6.10 Å². The second-order valence-corrected chi connectivity index (χ2v) is 7.14. The number of aromatic nitrogens is 1. The average Bonchev–Trinajstić information content (AvgIpc) is 3.11. The summed E-state index contributed by atoms with van der Waals surface area (Å²) in [5.41, 5.74) is 1.89. The van der Waals surface area contributed by atoms with Gasteiger partial charge < -0.3 is 14.6 Å². The summed E-state index contributed by atoms with van der Waals surface area (Å²) in [7, 11) is 0. The maximum absolute atomic E-state index is 12.5. The largest absolute Gasteiger partial charge is 0.390 e. The molecule has 0 aliphatic carbocycles. The number of nitrogens with zero attached hydrogens (tertiary/aromatic N) is 3. The lowest BCUT2D eigenvalue weighted by molar-refractivity contribution is 0.0501. The van der Waals surface area contributed by atoms with Crippen molar-refractivity contribution in [2.75, 3.05) is 32.7 Å². The highest BCUT2D eigenvalue weighted by Crippen LogP contribution is 2.16. The van der Waals surface area contributed by atoms with Crippen molar-refractivity contribution in [1.29, 1.82) is 0 Å². The van der Waals surface area contributed by atoms with Crippen LogP contribution in [0, 0.1) is 0 Å². The van der Waals surface area contributed by atoms with E-state index in [1.807, 2.05) is 53.6 Å². The van der Waals surface area contributed by atoms with E-state index in [2.05, 4.69) is 27.7 Å². The van der Waals surface area contributed by atoms with E-state index in [0.29, 0.717) is 26.2 Å². The maximum Gasteiger partial charge on any atom is 0.253 e. The number of piperazine rings is 1. The fourth-order valence-corrected chi connectivity index (χ4v) is 3.78. The van der Waals surface area contributed by atoms with Gasteiger partial charge in [-0.05, 0) is 29.7 Å². The standard InChI is InChI=1S/C22H25N3O2/c26-20(17-25-11-10-18-6-4-5-9-21(18)25)16-23-12-14-24(15-13-23)22(27)19-7-2-1-3-8-19/h1-11,20,26H,12-17H2/t20-/m0/s1. The molecule has 1 aliphatic heterocycles. The third kappa shape index (κ3) is 4.04. The van der Waals surface area contributed by atoms with Crippen LogP contribution in [0.1, 0.15) is 10.4 Å². The van der Waals surface area contributed by atoms with Crippen LogP contribution in [0.3, 0.4) is 0 Å². The number of benzene rings is 2. The summed E-state index contributed by atoms with van der Waals surface area (Å²) in [6.07, 6.45) is 1.60. The number of hydrogen-bond acceptors (Lipinski definition) is 3. The number of rotatable bonds is 5. The molecule has 2 heterocycles. The summed E-state index contributed by atoms with van der Waals surface area (Å²) in [4.78, 5) is 16.7. The SMILES string of the molecule is O=C(c1ccccc1)N1CCN(C[C@H](O)Cn2ccc3ccccc32)CC1. The minimum Gasteiger partial charge on any atom is -0.390 e. The average molecular weight is 363 g/mol. The van der Waals surface area contributed by atoms with Gasteiger partial charge in [-0.15, -0.1) is 0 Å². The van der Waals surface area contributed by atoms with Crippen molar-refractivity contribution in [3.63, 3.8) is 0 Å². The molecule has 4 rings (SSSR count). The third-order valence-electron chi connectivity index (χ3n) is 5.24. The topological polar surface area (TPSA) is 48.7 Å². The normalized spacial score (nSPS) is 16.6. The van der Waals surface area contributed by atoms with Crippen LogP contribution in [0.2, 0.25) is 0 Å². The molecule has 1 atom stereocenters. The number of fused-ring (bicyclic) bond motifs is 1. The van der Waals surface area contributed by atoms with E-state index in [-0.39, 0.29) is 5.91 Å². The number of amides is 1. The fraction of sp³-hybridized carbons (Fsp3) is 0.318. The lowest BCUT2D eigenvalue weighted by Gasteiger charge is -2.35. The molecular formula is C22H25N3O2. The molecule has 0 radical (unpaired) electrons. The zero-order valence-corrected chi connectivity index (χ0v) is 15.4. The molecule has 1 aromatic heterocycles. The van der Waals surface area contributed by atoms with Crippen LogP contribution in [0.15, 0.2) is 66.9 Å². The summed E-state index contributed by atoms with van der Waals surface area (Å²) >= 11 is 0. The summed E-state index contributed by atoms with van der Waals surface area (Å²) in [5.74, 6) is 0.0922. The predicted molar refractivity (Wildman–Crippen MR) is 107 cm³/mol. The van der Waals surface area contributed by atoms with Crippen molar-refractivity contribution in [3.8, 4) is 0 Å². The Labute approximate surface area is 159 Å². The van der Waals surface area contributed by atoms with Gasteiger partial charge in [0.15, 0.2) is 0 Å². The Bertz CT molecular complexity index is 898. The van der Waals surface area contributed by atoms with Crippen molar-refractivity contribution in [1.82, 2.24) is 14.4 Å². The van der Waals surface area contributed by atoms with E-state index in [9.17, 15) is 9.90 Å². The van der Waals surface area contributed by atoms with Gasteiger partial charge >= 0.3 is 0 Å². The van der Waals surface area contributed by atoms with E-state index in [1.54, 1.807) is 0 Å². The first-order valence-corrected chi connectivity index (χ1v) is 9.49. The molecule has 27 heavy (non-hydrogen) atoms. The molecule has 1 fully saturated rings. The van der Waals surface area contributed by atoms with Gasteiger partial charge in [0.2, 0.25) is 0 Å². The number of para-hydroxylation sites is 1. The number of β-amino-alcohol motifs (C(OH)–C–C–N with tert-alkyl or cyclic N) is 1. The van der Waals surface area contributed by atoms with Gasteiger partial charge in [0.1, 0.15) is 0 Å². The van der Waals surface area contributed by atoms with E-state index >= 15 is 0 Å². The van der Waals surface area contributed by atoms with Crippen molar-refractivity contribution >= 4 is 16.8 Å². The Morgan fingerprint density at radius 2 is 1.59 bits per heavy atom. The van der Waals surface area contributed by atoms with Gasteiger partial charge in [-0.25, -0.2) is 0 Å². The summed E-state index contributed by atoms with van der Waals surface area (Å²) in [5, 5.41) is 11.7. The lowest BCUT2D eigenvalue weighted by atomic mass is 10.2. The van der Waals surface area contributed by atoms with E-state index in [4.69, 9.17) is 0 Å². The molecule has 5 nitrogen and oxygen atoms in total. The number of hydrogen-bond donors (Lipinski definition) is 1. The Balaban J connectivity index is 1.29. The van der Waals surface area contributed by atoms with Crippen LogP contribution in [0.25, 0.3) is 10.9 Å². The Morgan fingerprint density at radius 3 is 2.37 bits per heavy atom. The summed E-state index contributed by atoms with van der Waals surface area (Å²) < 4.78 is 2.11. The number of carbonyl (C=O) groups excluding carboxylic acids is 1. The Hall–Kier alpha value is -2.63. The first kappa shape index (κ1) is 17.8. The Morgan fingerprint density at radius 1 is 0.889 bits per heavy atom. The van der Waals surface area contributed by atoms with Crippen LogP contribution in [0.5, 0.6) is 0 Å². The molecule has 1 amide bonds. The monoisotopic (exact) mass is 363 g/mol. The highest BCUT2D eigenvalue weighted by Gasteiger charge is 2.23. The van der Waals surface area contributed by atoms with Crippen molar-refractivity contribution in [2.45, 2.75) is 12.6 Å². The molecule has 0 bridgehead atoms. The maximum atomic E-state index is 12.5. The molecular weight excluding hydrogens is 338 g/mol. The van der Waals surface area contributed by atoms with Crippen LogP contribution >= 0.6 is 0 Å². The van der Waals surface area contributed by atoms with Crippen molar-refractivity contribution in [3.05, 3.63) is 72.4 Å². The molecule has 140 valence electrons. The molecule has 0 saturated carbocycles. The minimum absolute atomic E-state index is 0.0922. The van der Waals surface area contributed by atoms with E-state index < -0.39 is 6.10 Å².